The molecule has 0 aliphatic heterocycles. The average molecular weight is 254 g/mol. The molecule has 0 spiro atoms. The highest BCUT2D eigenvalue weighted by Crippen LogP contribution is 2.26. The van der Waals surface area contributed by atoms with Crippen LogP contribution in [0.1, 0.15) is 59.3 Å². The fourth-order valence-electron chi connectivity index (χ4n) is 2.36. The van der Waals surface area contributed by atoms with Crippen LogP contribution in [0, 0.1) is 5.92 Å². The largest absolute Gasteiger partial charge is 0.345 e. The van der Waals surface area contributed by atoms with Crippen LogP contribution in [0.4, 0.5) is 0 Å². The molecule has 0 unspecified atom stereocenters. The molecule has 1 atom stereocenters. The number of nitrogens with one attached hydrogen (secondary N) is 2. The van der Waals surface area contributed by atoms with E-state index in [0.29, 0.717) is 0 Å². The summed E-state index contributed by atoms with van der Waals surface area (Å²) >= 11 is 0. The Kier molecular flexibility index (Phi) is 6.16. The van der Waals surface area contributed by atoms with Gasteiger partial charge in [-0.2, -0.15) is 0 Å². The van der Waals surface area contributed by atoms with E-state index < -0.39 is 11.8 Å². The van der Waals surface area contributed by atoms with Crippen molar-refractivity contribution >= 4 is 11.8 Å². The van der Waals surface area contributed by atoms with Gasteiger partial charge < -0.3 is 10.6 Å². The number of hydrogen-bond donors (Lipinski definition) is 2. The summed E-state index contributed by atoms with van der Waals surface area (Å²) in [4.78, 5) is 23.3. The number of amides is 2. The molecule has 0 radical (unpaired) electrons. The SMILES string of the molecule is CCC1CCC(NC(=O)C(=O)N[C@H](C)CC)CC1. The Morgan fingerprint density at radius 2 is 1.72 bits per heavy atom. The van der Waals surface area contributed by atoms with Crippen LogP contribution in [0.15, 0.2) is 0 Å². The van der Waals surface area contributed by atoms with Crippen LogP contribution in [0.25, 0.3) is 0 Å². The van der Waals surface area contributed by atoms with E-state index in [9.17, 15) is 9.59 Å². The van der Waals surface area contributed by atoms with E-state index in [0.717, 1.165) is 38.0 Å². The fourth-order valence-corrected chi connectivity index (χ4v) is 2.36. The van der Waals surface area contributed by atoms with Crippen LogP contribution in [-0.2, 0) is 9.59 Å². The molecular formula is C14H26N2O2. The van der Waals surface area contributed by atoms with Gasteiger partial charge in [-0.15, -0.1) is 0 Å². The predicted octanol–water partition coefficient (Wildman–Crippen LogP) is 1.99. The third-order valence-corrected chi connectivity index (χ3v) is 3.96. The molecule has 0 bridgehead atoms. The Bertz CT molecular complexity index is 284. The quantitative estimate of drug-likeness (QED) is 0.754. The summed E-state index contributed by atoms with van der Waals surface area (Å²) in [7, 11) is 0. The van der Waals surface area contributed by atoms with Crippen LogP contribution in [-0.4, -0.2) is 23.9 Å². The summed E-state index contributed by atoms with van der Waals surface area (Å²) in [6, 6.07) is 0.238. The predicted molar refractivity (Wildman–Crippen MR) is 72.1 cm³/mol. The Balaban J connectivity index is 2.30. The molecule has 2 N–H and O–H groups in total. The van der Waals surface area contributed by atoms with Crippen LogP contribution in [0.2, 0.25) is 0 Å². The highest BCUT2D eigenvalue weighted by molar-refractivity contribution is 6.35. The molecule has 0 aromatic rings. The smallest absolute Gasteiger partial charge is 0.309 e. The zero-order valence-corrected chi connectivity index (χ0v) is 11.8. The number of carbonyl (C=O) groups excluding carboxylic acids is 2. The van der Waals surface area contributed by atoms with Gasteiger partial charge in [0.25, 0.3) is 0 Å². The summed E-state index contributed by atoms with van der Waals surface area (Å²) in [5, 5.41) is 5.53. The van der Waals surface area contributed by atoms with Gasteiger partial charge in [0, 0.05) is 12.1 Å². The molecule has 1 rings (SSSR count). The molecule has 0 aromatic heterocycles. The molecule has 1 aliphatic carbocycles. The Morgan fingerprint density at radius 1 is 1.11 bits per heavy atom. The maximum Gasteiger partial charge on any atom is 0.309 e. The minimum atomic E-state index is -0.498. The molecule has 1 fully saturated rings. The van der Waals surface area contributed by atoms with Crippen molar-refractivity contribution in [2.75, 3.05) is 0 Å². The van der Waals surface area contributed by atoms with Crippen LogP contribution in [0.3, 0.4) is 0 Å². The standard InChI is InChI=1S/C14H26N2O2/c1-4-10(3)15-13(17)14(18)16-12-8-6-11(5-2)7-9-12/h10-12H,4-9H2,1-3H3,(H,15,17)(H,16,18)/t10-,11?,12?/m1/s1. The molecule has 0 heterocycles. The first kappa shape index (κ1) is 15.0. The van der Waals surface area contributed by atoms with Gasteiger partial charge >= 0.3 is 11.8 Å². The van der Waals surface area contributed by atoms with Crippen molar-refractivity contribution in [1.29, 1.82) is 0 Å². The molecule has 4 heteroatoms. The summed E-state index contributed by atoms with van der Waals surface area (Å²) in [5.74, 6) is -0.177. The van der Waals surface area contributed by atoms with E-state index in [4.69, 9.17) is 0 Å². The first-order valence-corrected chi connectivity index (χ1v) is 7.18. The first-order valence-electron chi connectivity index (χ1n) is 7.18. The van der Waals surface area contributed by atoms with E-state index in [2.05, 4.69) is 17.6 Å². The molecule has 2 amide bonds. The van der Waals surface area contributed by atoms with Crippen LogP contribution < -0.4 is 10.6 Å². The summed E-state index contributed by atoms with van der Waals surface area (Å²) in [5.41, 5.74) is 0. The van der Waals surface area contributed by atoms with Crippen molar-refractivity contribution in [3.05, 3.63) is 0 Å². The second-order valence-electron chi connectivity index (χ2n) is 5.38. The third kappa shape index (κ3) is 4.67. The normalized spacial score (nSPS) is 25.3. The molecule has 0 saturated heterocycles. The van der Waals surface area contributed by atoms with Gasteiger partial charge in [0.1, 0.15) is 0 Å². The van der Waals surface area contributed by atoms with Crippen LogP contribution in [0.5, 0.6) is 0 Å². The molecular weight excluding hydrogens is 228 g/mol. The summed E-state index contributed by atoms with van der Waals surface area (Å²) in [6.45, 7) is 6.09. The lowest BCUT2D eigenvalue weighted by Crippen LogP contribution is -2.47. The highest BCUT2D eigenvalue weighted by Gasteiger charge is 2.24. The average Bonchev–Trinajstić information content (AvgIpc) is 2.39. The van der Waals surface area contributed by atoms with E-state index >= 15 is 0 Å². The summed E-state index contributed by atoms with van der Waals surface area (Å²) < 4.78 is 0. The number of hydrogen-bond acceptors (Lipinski definition) is 2. The lowest BCUT2D eigenvalue weighted by molar-refractivity contribution is -0.140. The van der Waals surface area contributed by atoms with E-state index in [1.807, 2.05) is 13.8 Å². The van der Waals surface area contributed by atoms with Crippen molar-refractivity contribution in [2.24, 2.45) is 5.92 Å². The molecule has 4 nitrogen and oxygen atoms in total. The minimum Gasteiger partial charge on any atom is -0.345 e. The molecule has 0 aromatic carbocycles. The van der Waals surface area contributed by atoms with Gasteiger partial charge in [0.15, 0.2) is 0 Å². The van der Waals surface area contributed by atoms with E-state index in [1.165, 1.54) is 6.42 Å². The van der Waals surface area contributed by atoms with E-state index in [-0.39, 0.29) is 12.1 Å². The highest BCUT2D eigenvalue weighted by atomic mass is 16.2. The lowest BCUT2D eigenvalue weighted by Gasteiger charge is -2.28. The van der Waals surface area contributed by atoms with Crippen molar-refractivity contribution in [2.45, 2.75) is 71.4 Å². The van der Waals surface area contributed by atoms with Gasteiger partial charge in [0.2, 0.25) is 0 Å². The third-order valence-electron chi connectivity index (χ3n) is 3.96. The van der Waals surface area contributed by atoms with Crippen LogP contribution >= 0.6 is 0 Å². The number of carbonyl (C=O) groups is 2. The van der Waals surface area contributed by atoms with Gasteiger partial charge in [-0.25, -0.2) is 0 Å². The zero-order valence-electron chi connectivity index (χ0n) is 11.8. The molecule has 18 heavy (non-hydrogen) atoms. The molecule has 104 valence electrons. The van der Waals surface area contributed by atoms with Crippen molar-refractivity contribution in [3.63, 3.8) is 0 Å². The Morgan fingerprint density at radius 3 is 2.22 bits per heavy atom. The van der Waals surface area contributed by atoms with E-state index in [1.54, 1.807) is 0 Å². The Labute approximate surface area is 110 Å². The number of rotatable bonds is 4. The van der Waals surface area contributed by atoms with Gasteiger partial charge in [0.05, 0.1) is 0 Å². The minimum absolute atomic E-state index is 0.0547. The van der Waals surface area contributed by atoms with Gasteiger partial charge in [-0.1, -0.05) is 20.3 Å². The second-order valence-corrected chi connectivity index (χ2v) is 5.38. The monoisotopic (exact) mass is 254 g/mol. The topological polar surface area (TPSA) is 58.2 Å². The maximum absolute atomic E-state index is 11.7. The Hall–Kier alpha value is -1.06. The van der Waals surface area contributed by atoms with Crippen molar-refractivity contribution in [1.82, 2.24) is 10.6 Å². The zero-order chi connectivity index (χ0) is 13.5. The first-order chi connectivity index (χ1) is 8.56. The second kappa shape index (κ2) is 7.39. The molecule has 1 aliphatic rings. The lowest BCUT2D eigenvalue weighted by atomic mass is 9.84. The summed E-state index contributed by atoms with van der Waals surface area (Å²) in [6.07, 6.45) is 6.38. The van der Waals surface area contributed by atoms with Gasteiger partial charge in [-0.05, 0) is 44.9 Å². The van der Waals surface area contributed by atoms with Crippen molar-refractivity contribution < 1.29 is 9.59 Å². The van der Waals surface area contributed by atoms with Gasteiger partial charge in [-0.3, -0.25) is 9.59 Å². The fraction of sp³-hybridized carbons (Fsp3) is 0.857. The van der Waals surface area contributed by atoms with Crippen molar-refractivity contribution in [3.8, 4) is 0 Å². The molecule has 1 saturated carbocycles. The maximum atomic E-state index is 11.7.